The zero-order valence-corrected chi connectivity index (χ0v) is 13.5. The summed E-state index contributed by atoms with van der Waals surface area (Å²) >= 11 is 0. The Balaban J connectivity index is 2.14. The Hall–Kier alpha value is -2.69. The van der Waals surface area contributed by atoms with Crippen molar-refractivity contribution in [2.45, 2.75) is 13.3 Å². The number of hydrogen-bond donors (Lipinski definition) is 0. The molecule has 0 unspecified atom stereocenters. The number of pyridine rings is 1. The van der Waals surface area contributed by atoms with Crippen molar-refractivity contribution in [3.63, 3.8) is 0 Å². The van der Waals surface area contributed by atoms with Gasteiger partial charge in [-0.2, -0.15) is 0 Å². The van der Waals surface area contributed by atoms with Gasteiger partial charge in [0.25, 0.3) is 0 Å². The summed E-state index contributed by atoms with van der Waals surface area (Å²) in [6.07, 6.45) is 2.38. The highest BCUT2D eigenvalue weighted by Gasteiger charge is 2.18. The molecule has 0 spiro atoms. The van der Waals surface area contributed by atoms with E-state index in [1.165, 1.54) is 0 Å². The lowest BCUT2D eigenvalue weighted by atomic mass is 10.1. The molecule has 0 amide bonds. The van der Waals surface area contributed by atoms with Crippen LogP contribution in [-0.2, 0) is 0 Å². The molecule has 2 heterocycles. The van der Waals surface area contributed by atoms with Crippen LogP contribution in [0, 0.1) is 0 Å². The van der Waals surface area contributed by atoms with Gasteiger partial charge in [0.15, 0.2) is 11.5 Å². The number of fused-ring (bicyclic) bond motifs is 2. The van der Waals surface area contributed by atoms with Crippen LogP contribution in [0.3, 0.4) is 0 Å². The Bertz CT molecular complexity index is 866. The molecule has 0 saturated heterocycles. The van der Waals surface area contributed by atoms with Crippen molar-refractivity contribution in [3.8, 4) is 17.2 Å². The maximum atomic E-state index is 5.82. The Morgan fingerprint density at radius 2 is 1.91 bits per heavy atom. The van der Waals surface area contributed by atoms with Crippen molar-refractivity contribution in [2.75, 3.05) is 20.8 Å². The molecule has 120 valence electrons. The quantitative estimate of drug-likeness (QED) is 0.633. The van der Waals surface area contributed by atoms with Gasteiger partial charge in [0.05, 0.1) is 32.5 Å². The van der Waals surface area contributed by atoms with E-state index in [1.54, 1.807) is 20.5 Å². The predicted molar refractivity (Wildman–Crippen MR) is 89.5 cm³/mol. The Morgan fingerprint density at radius 3 is 2.61 bits per heavy atom. The van der Waals surface area contributed by atoms with E-state index in [4.69, 9.17) is 18.6 Å². The lowest BCUT2D eigenvalue weighted by Gasteiger charge is -2.14. The second-order valence-corrected chi connectivity index (χ2v) is 5.33. The van der Waals surface area contributed by atoms with E-state index < -0.39 is 0 Å². The van der Waals surface area contributed by atoms with Crippen molar-refractivity contribution in [2.24, 2.45) is 0 Å². The molecule has 0 bridgehead atoms. The number of rotatable bonds is 6. The minimum Gasteiger partial charge on any atom is -0.495 e. The first kappa shape index (κ1) is 15.2. The van der Waals surface area contributed by atoms with Crippen LogP contribution >= 0.6 is 0 Å². The molecule has 23 heavy (non-hydrogen) atoms. The molecule has 1 aromatic carbocycles. The van der Waals surface area contributed by atoms with Crippen LogP contribution in [-0.4, -0.2) is 25.8 Å². The normalized spacial score (nSPS) is 10.9. The molecule has 0 fully saturated rings. The monoisotopic (exact) mass is 313 g/mol. The molecule has 0 saturated carbocycles. The summed E-state index contributed by atoms with van der Waals surface area (Å²) in [4.78, 5) is 4.55. The summed E-state index contributed by atoms with van der Waals surface area (Å²) in [5, 5.41) is 1.68. The molecule has 0 aliphatic rings. The van der Waals surface area contributed by atoms with Gasteiger partial charge in [-0.05, 0) is 25.1 Å². The molecule has 0 radical (unpaired) electrons. The first-order valence-corrected chi connectivity index (χ1v) is 7.34. The van der Waals surface area contributed by atoms with E-state index in [9.17, 15) is 0 Å². The van der Waals surface area contributed by atoms with Gasteiger partial charge in [-0.1, -0.05) is 5.57 Å². The minimum absolute atomic E-state index is 0.506. The van der Waals surface area contributed by atoms with Crippen molar-refractivity contribution in [3.05, 3.63) is 36.6 Å². The lowest BCUT2D eigenvalue weighted by Crippen LogP contribution is -2.01. The van der Waals surface area contributed by atoms with Gasteiger partial charge in [-0.25, -0.2) is 4.98 Å². The molecule has 0 aliphatic carbocycles. The number of benzene rings is 1. The Morgan fingerprint density at radius 1 is 1.13 bits per heavy atom. The fraction of sp³-hybridized carbons (Fsp3) is 0.278. The third-order valence-electron chi connectivity index (χ3n) is 3.64. The van der Waals surface area contributed by atoms with Crippen LogP contribution in [0.1, 0.15) is 13.3 Å². The van der Waals surface area contributed by atoms with Crippen molar-refractivity contribution >= 4 is 22.0 Å². The zero-order chi connectivity index (χ0) is 16.4. The van der Waals surface area contributed by atoms with Gasteiger partial charge in [-0.15, -0.1) is 6.58 Å². The Labute approximate surface area is 134 Å². The minimum atomic E-state index is 0.506. The summed E-state index contributed by atoms with van der Waals surface area (Å²) in [6, 6.07) is 5.63. The van der Waals surface area contributed by atoms with E-state index in [1.807, 2.05) is 25.1 Å². The van der Waals surface area contributed by atoms with E-state index in [0.717, 1.165) is 22.8 Å². The predicted octanol–water partition coefficient (Wildman–Crippen LogP) is 4.34. The SMILES string of the molecule is C=C(C)CCOc1ccc2c(OC)c3ccoc3nc2c1OC. The van der Waals surface area contributed by atoms with Gasteiger partial charge in [0, 0.05) is 11.8 Å². The Kier molecular flexibility index (Phi) is 4.10. The van der Waals surface area contributed by atoms with E-state index in [2.05, 4.69) is 11.6 Å². The van der Waals surface area contributed by atoms with Crippen LogP contribution in [0.25, 0.3) is 22.0 Å². The smallest absolute Gasteiger partial charge is 0.230 e. The maximum Gasteiger partial charge on any atom is 0.230 e. The van der Waals surface area contributed by atoms with Crippen molar-refractivity contribution < 1.29 is 18.6 Å². The first-order valence-electron chi connectivity index (χ1n) is 7.34. The topological polar surface area (TPSA) is 53.7 Å². The second kappa shape index (κ2) is 6.20. The molecular weight excluding hydrogens is 294 g/mol. The highest BCUT2D eigenvalue weighted by molar-refractivity contribution is 6.02. The number of nitrogens with zero attached hydrogens (tertiary/aromatic N) is 1. The van der Waals surface area contributed by atoms with Crippen LogP contribution in [0.4, 0.5) is 0 Å². The van der Waals surface area contributed by atoms with Gasteiger partial charge < -0.3 is 18.6 Å². The number of methoxy groups -OCH3 is 2. The number of ether oxygens (including phenoxy) is 3. The number of aromatic nitrogens is 1. The summed E-state index contributed by atoms with van der Waals surface area (Å²) in [7, 11) is 3.23. The van der Waals surface area contributed by atoms with Gasteiger partial charge in [0.1, 0.15) is 11.3 Å². The van der Waals surface area contributed by atoms with Crippen LogP contribution in [0.2, 0.25) is 0 Å². The van der Waals surface area contributed by atoms with Gasteiger partial charge in [0.2, 0.25) is 5.71 Å². The molecule has 5 nitrogen and oxygen atoms in total. The molecule has 2 aromatic heterocycles. The van der Waals surface area contributed by atoms with E-state index in [0.29, 0.717) is 35.1 Å². The maximum absolute atomic E-state index is 5.82. The fourth-order valence-electron chi connectivity index (χ4n) is 2.52. The molecular formula is C18H19NO4. The highest BCUT2D eigenvalue weighted by Crippen LogP contribution is 2.41. The molecule has 3 aromatic rings. The number of furan rings is 1. The largest absolute Gasteiger partial charge is 0.495 e. The third-order valence-corrected chi connectivity index (χ3v) is 3.64. The van der Waals surface area contributed by atoms with Crippen LogP contribution in [0.15, 0.2) is 41.0 Å². The fourth-order valence-corrected chi connectivity index (χ4v) is 2.52. The standard InChI is InChI=1S/C18H19NO4/c1-11(2)7-9-22-14-6-5-12-15(17(14)21-4)19-18-13(8-10-23-18)16(12)20-3/h5-6,8,10H,1,7,9H2,2-4H3. The lowest BCUT2D eigenvalue weighted by molar-refractivity contribution is 0.299. The number of hydrogen-bond acceptors (Lipinski definition) is 5. The summed E-state index contributed by atoms with van der Waals surface area (Å²) < 4.78 is 22.3. The van der Waals surface area contributed by atoms with Crippen molar-refractivity contribution in [1.29, 1.82) is 0 Å². The highest BCUT2D eigenvalue weighted by atomic mass is 16.5. The summed E-state index contributed by atoms with van der Waals surface area (Å²) in [5.41, 5.74) is 2.23. The van der Waals surface area contributed by atoms with Crippen LogP contribution < -0.4 is 14.2 Å². The van der Waals surface area contributed by atoms with Gasteiger partial charge in [-0.3, -0.25) is 0 Å². The molecule has 0 N–H and O–H groups in total. The summed E-state index contributed by atoms with van der Waals surface area (Å²) in [6.45, 7) is 6.39. The first-order chi connectivity index (χ1) is 11.2. The third kappa shape index (κ3) is 2.70. The molecule has 0 atom stereocenters. The second-order valence-electron chi connectivity index (χ2n) is 5.33. The van der Waals surface area contributed by atoms with Crippen molar-refractivity contribution in [1.82, 2.24) is 4.98 Å². The van der Waals surface area contributed by atoms with Gasteiger partial charge >= 0.3 is 0 Å². The summed E-state index contributed by atoms with van der Waals surface area (Å²) in [5.74, 6) is 1.92. The average Bonchev–Trinajstić information content (AvgIpc) is 3.00. The molecule has 3 rings (SSSR count). The molecule has 5 heteroatoms. The van der Waals surface area contributed by atoms with E-state index >= 15 is 0 Å². The zero-order valence-electron chi connectivity index (χ0n) is 13.5. The van der Waals surface area contributed by atoms with Crippen LogP contribution in [0.5, 0.6) is 17.2 Å². The average molecular weight is 313 g/mol. The molecule has 0 aliphatic heterocycles. The van der Waals surface area contributed by atoms with E-state index in [-0.39, 0.29) is 0 Å².